The first-order valence-corrected chi connectivity index (χ1v) is 6.83. The largest absolute Gasteiger partial charge is 0.352 e. The molecule has 0 aliphatic carbocycles. The SMILES string of the molecule is C=C(/C=C\C=C(C)C)CCNC(=O)c1ccc(C)cc1. The van der Waals surface area contributed by atoms with Crippen LogP contribution in [0.2, 0.25) is 0 Å². The summed E-state index contributed by atoms with van der Waals surface area (Å²) in [5, 5.41) is 2.90. The molecular weight excluding hydrogens is 246 g/mol. The standard InChI is InChI=1S/C18H23NO/c1-14(2)6-5-7-15(3)12-13-19-18(20)17-10-8-16(4)9-11-17/h5-11H,3,12-13H2,1-2,4H3,(H,19,20)/b7-5-. The summed E-state index contributed by atoms with van der Waals surface area (Å²) >= 11 is 0. The molecule has 0 fully saturated rings. The van der Waals surface area contributed by atoms with Gasteiger partial charge in [0.05, 0.1) is 0 Å². The molecule has 106 valence electrons. The quantitative estimate of drug-likeness (QED) is 0.771. The molecule has 20 heavy (non-hydrogen) atoms. The number of nitrogens with one attached hydrogen (secondary N) is 1. The van der Waals surface area contributed by atoms with E-state index < -0.39 is 0 Å². The fraction of sp³-hybridized carbons (Fsp3) is 0.278. The van der Waals surface area contributed by atoms with Gasteiger partial charge in [0.25, 0.3) is 5.91 Å². The maximum atomic E-state index is 11.9. The zero-order valence-corrected chi connectivity index (χ0v) is 12.6. The second kappa shape index (κ2) is 8.16. The van der Waals surface area contributed by atoms with Crippen molar-refractivity contribution in [3.8, 4) is 0 Å². The minimum absolute atomic E-state index is 0.0360. The number of amides is 1. The smallest absolute Gasteiger partial charge is 0.251 e. The Balaban J connectivity index is 2.35. The van der Waals surface area contributed by atoms with Crippen LogP contribution in [0.3, 0.4) is 0 Å². The summed E-state index contributed by atoms with van der Waals surface area (Å²) in [5.74, 6) is -0.0360. The highest BCUT2D eigenvalue weighted by Gasteiger charge is 2.03. The Morgan fingerprint density at radius 1 is 1.25 bits per heavy atom. The predicted molar refractivity (Wildman–Crippen MR) is 85.8 cm³/mol. The van der Waals surface area contributed by atoms with Gasteiger partial charge in [-0.1, -0.05) is 53.6 Å². The maximum absolute atomic E-state index is 11.9. The fourth-order valence-corrected chi connectivity index (χ4v) is 1.60. The zero-order chi connectivity index (χ0) is 15.0. The van der Waals surface area contributed by atoms with Crippen molar-refractivity contribution in [2.45, 2.75) is 27.2 Å². The maximum Gasteiger partial charge on any atom is 0.251 e. The molecule has 0 bridgehead atoms. The van der Waals surface area contributed by atoms with Crippen LogP contribution in [0.25, 0.3) is 0 Å². The summed E-state index contributed by atoms with van der Waals surface area (Å²) in [5.41, 5.74) is 4.11. The van der Waals surface area contributed by atoms with E-state index in [4.69, 9.17) is 0 Å². The lowest BCUT2D eigenvalue weighted by Gasteiger charge is -2.05. The third-order valence-corrected chi connectivity index (χ3v) is 2.81. The predicted octanol–water partition coefficient (Wildman–Crippen LogP) is 4.19. The van der Waals surface area contributed by atoms with Gasteiger partial charge < -0.3 is 5.32 Å². The summed E-state index contributed by atoms with van der Waals surface area (Å²) < 4.78 is 0. The van der Waals surface area contributed by atoms with Gasteiger partial charge in [0, 0.05) is 12.1 Å². The number of carbonyl (C=O) groups is 1. The summed E-state index contributed by atoms with van der Waals surface area (Å²) in [6, 6.07) is 7.56. The summed E-state index contributed by atoms with van der Waals surface area (Å²) in [6.07, 6.45) is 6.76. The highest BCUT2D eigenvalue weighted by atomic mass is 16.1. The van der Waals surface area contributed by atoms with Crippen molar-refractivity contribution in [1.29, 1.82) is 0 Å². The molecule has 1 N–H and O–H groups in total. The van der Waals surface area contributed by atoms with Crippen LogP contribution >= 0.6 is 0 Å². The molecule has 2 nitrogen and oxygen atoms in total. The van der Waals surface area contributed by atoms with Crippen molar-refractivity contribution in [3.05, 3.63) is 71.3 Å². The Morgan fingerprint density at radius 2 is 1.90 bits per heavy atom. The van der Waals surface area contributed by atoms with E-state index in [1.54, 1.807) is 0 Å². The number of hydrogen-bond donors (Lipinski definition) is 1. The topological polar surface area (TPSA) is 29.1 Å². The highest BCUT2D eigenvalue weighted by Crippen LogP contribution is 2.04. The lowest BCUT2D eigenvalue weighted by atomic mass is 10.1. The molecule has 0 aromatic heterocycles. The lowest BCUT2D eigenvalue weighted by molar-refractivity contribution is 0.0954. The van der Waals surface area contributed by atoms with E-state index in [9.17, 15) is 4.79 Å². The molecule has 2 heteroatoms. The average Bonchev–Trinajstić information content (AvgIpc) is 2.39. The van der Waals surface area contributed by atoms with Crippen molar-refractivity contribution >= 4 is 5.91 Å². The molecule has 0 spiro atoms. The first-order chi connectivity index (χ1) is 9.49. The second-order valence-corrected chi connectivity index (χ2v) is 5.13. The van der Waals surface area contributed by atoms with E-state index in [0.717, 1.165) is 17.6 Å². The highest BCUT2D eigenvalue weighted by molar-refractivity contribution is 5.94. The van der Waals surface area contributed by atoms with Crippen LogP contribution in [0.1, 0.15) is 36.2 Å². The van der Waals surface area contributed by atoms with Crippen molar-refractivity contribution in [2.75, 3.05) is 6.54 Å². The molecule has 0 saturated carbocycles. The minimum Gasteiger partial charge on any atom is -0.352 e. The number of benzene rings is 1. The van der Waals surface area contributed by atoms with Gasteiger partial charge in [0.1, 0.15) is 0 Å². The zero-order valence-electron chi connectivity index (χ0n) is 12.6. The number of aryl methyl sites for hydroxylation is 1. The molecule has 1 aromatic rings. The molecule has 1 amide bonds. The number of carbonyl (C=O) groups excluding carboxylic acids is 1. The Bertz CT molecular complexity index is 517. The molecule has 0 aliphatic heterocycles. The summed E-state index contributed by atoms with van der Waals surface area (Å²) in [7, 11) is 0. The summed E-state index contributed by atoms with van der Waals surface area (Å²) in [6.45, 7) is 10.7. The van der Waals surface area contributed by atoms with Crippen LogP contribution in [-0.2, 0) is 0 Å². The van der Waals surface area contributed by atoms with Gasteiger partial charge in [-0.2, -0.15) is 0 Å². The van der Waals surface area contributed by atoms with Crippen LogP contribution in [0.5, 0.6) is 0 Å². The van der Waals surface area contributed by atoms with Gasteiger partial charge in [-0.05, 0) is 39.3 Å². The third kappa shape index (κ3) is 6.19. The van der Waals surface area contributed by atoms with Gasteiger partial charge in [-0.3, -0.25) is 4.79 Å². The molecule has 0 unspecified atom stereocenters. The van der Waals surface area contributed by atoms with Crippen molar-refractivity contribution in [1.82, 2.24) is 5.32 Å². The van der Waals surface area contributed by atoms with Gasteiger partial charge in [-0.25, -0.2) is 0 Å². The summed E-state index contributed by atoms with van der Waals surface area (Å²) in [4.78, 5) is 11.9. The Kier molecular flexibility index (Phi) is 6.51. The van der Waals surface area contributed by atoms with Gasteiger partial charge in [-0.15, -0.1) is 0 Å². The van der Waals surface area contributed by atoms with Gasteiger partial charge in [0.15, 0.2) is 0 Å². The van der Waals surface area contributed by atoms with Gasteiger partial charge >= 0.3 is 0 Å². The molecular formula is C18H23NO. The van der Waals surface area contributed by atoms with E-state index in [2.05, 4.69) is 25.7 Å². The van der Waals surface area contributed by atoms with Crippen molar-refractivity contribution < 1.29 is 4.79 Å². The van der Waals surface area contributed by atoms with Gasteiger partial charge in [0.2, 0.25) is 0 Å². The number of allylic oxidation sites excluding steroid dienone is 4. The lowest BCUT2D eigenvalue weighted by Crippen LogP contribution is -2.24. The molecule has 0 atom stereocenters. The molecule has 0 saturated heterocycles. The molecule has 0 heterocycles. The average molecular weight is 269 g/mol. The minimum atomic E-state index is -0.0360. The van der Waals surface area contributed by atoms with Crippen molar-refractivity contribution in [3.63, 3.8) is 0 Å². The molecule has 1 rings (SSSR count). The van der Waals surface area contributed by atoms with E-state index in [1.807, 2.05) is 49.4 Å². The normalized spacial score (nSPS) is 10.3. The van der Waals surface area contributed by atoms with E-state index in [1.165, 1.54) is 5.57 Å². The first kappa shape index (κ1) is 16.0. The Labute approximate surface area is 121 Å². The monoisotopic (exact) mass is 269 g/mol. The third-order valence-electron chi connectivity index (χ3n) is 2.81. The van der Waals surface area contributed by atoms with Crippen LogP contribution in [0, 0.1) is 6.92 Å². The van der Waals surface area contributed by atoms with E-state index in [0.29, 0.717) is 12.1 Å². The molecule has 1 aromatic carbocycles. The van der Waals surface area contributed by atoms with Crippen molar-refractivity contribution in [2.24, 2.45) is 0 Å². The van der Waals surface area contributed by atoms with E-state index >= 15 is 0 Å². The number of rotatable bonds is 6. The molecule has 0 radical (unpaired) electrons. The second-order valence-electron chi connectivity index (χ2n) is 5.13. The van der Waals surface area contributed by atoms with Crippen LogP contribution < -0.4 is 5.32 Å². The van der Waals surface area contributed by atoms with Crippen LogP contribution in [0.15, 0.2) is 60.2 Å². The Hall–Kier alpha value is -2.09. The number of hydrogen-bond acceptors (Lipinski definition) is 1. The van der Waals surface area contributed by atoms with Crippen LogP contribution in [-0.4, -0.2) is 12.5 Å². The Morgan fingerprint density at radius 3 is 2.50 bits per heavy atom. The van der Waals surface area contributed by atoms with Crippen LogP contribution in [0.4, 0.5) is 0 Å². The molecule has 0 aliphatic rings. The first-order valence-electron chi connectivity index (χ1n) is 6.83. The van der Waals surface area contributed by atoms with E-state index in [-0.39, 0.29) is 5.91 Å². The fourth-order valence-electron chi connectivity index (χ4n) is 1.60.